The molecule has 0 atom stereocenters. The van der Waals surface area contributed by atoms with Crippen LogP contribution in [-0.2, 0) is 6.54 Å². The number of anilines is 2. The number of fused-ring (bicyclic) bond motifs is 1. The summed E-state index contributed by atoms with van der Waals surface area (Å²) >= 11 is 0. The van der Waals surface area contributed by atoms with Gasteiger partial charge in [0.2, 0.25) is 0 Å². The second-order valence-corrected chi connectivity index (χ2v) is 5.07. The summed E-state index contributed by atoms with van der Waals surface area (Å²) in [7, 11) is 0. The van der Waals surface area contributed by atoms with Crippen LogP contribution in [0.25, 0.3) is 0 Å². The molecule has 0 unspecified atom stereocenters. The van der Waals surface area contributed by atoms with Gasteiger partial charge in [0.25, 0.3) is 5.91 Å². The van der Waals surface area contributed by atoms with E-state index in [0.29, 0.717) is 36.6 Å². The molecule has 0 aliphatic carbocycles. The number of rotatable bonds is 1. The molecule has 3 rings (SSSR count). The standard InChI is InChI=1S/C16H17N3O2/c17-13-7-12(8-14(18)9-13)16(20)19-5-6-21-15-4-2-1-3-11(15)10-19/h1-4,7-9H,5-6,10,17-18H2. The van der Waals surface area contributed by atoms with Crippen LogP contribution in [0.5, 0.6) is 5.75 Å². The summed E-state index contributed by atoms with van der Waals surface area (Å²) in [4.78, 5) is 14.4. The smallest absolute Gasteiger partial charge is 0.254 e. The van der Waals surface area contributed by atoms with Crippen LogP contribution in [0.1, 0.15) is 15.9 Å². The Morgan fingerprint density at radius 3 is 2.57 bits per heavy atom. The first-order chi connectivity index (χ1) is 10.1. The van der Waals surface area contributed by atoms with E-state index >= 15 is 0 Å². The summed E-state index contributed by atoms with van der Waals surface area (Å²) < 4.78 is 5.67. The third kappa shape index (κ3) is 2.76. The Kier molecular flexibility index (Phi) is 3.39. The Labute approximate surface area is 123 Å². The van der Waals surface area contributed by atoms with Crippen molar-refractivity contribution >= 4 is 17.3 Å². The van der Waals surface area contributed by atoms with Crippen molar-refractivity contribution in [3.8, 4) is 5.75 Å². The maximum Gasteiger partial charge on any atom is 0.254 e. The Balaban J connectivity index is 1.88. The zero-order valence-electron chi connectivity index (χ0n) is 11.6. The molecule has 2 aromatic carbocycles. The van der Waals surface area contributed by atoms with E-state index in [4.69, 9.17) is 16.2 Å². The molecule has 0 radical (unpaired) electrons. The van der Waals surface area contributed by atoms with E-state index in [0.717, 1.165) is 11.3 Å². The van der Waals surface area contributed by atoms with Crippen molar-refractivity contribution in [2.24, 2.45) is 0 Å². The molecule has 0 bridgehead atoms. The number of carbonyl (C=O) groups is 1. The maximum absolute atomic E-state index is 12.6. The number of hydrogen-bond donors (Lipinski definition) is 2. The first kappa shape index (κ1) is 13.3. The number of nitrogens with zero attached hydrogens (tertiary/aromatic N) is 1. The SMILES string of the molecule is Nc1cc(N)cc(C(=O)N2CCOc3ccccc3C2)c1. The fraction of sp³-hybridized carbons (Fsp3) is 0.188. The average Bonchev–Trinajstić information content (AvgIpc) is 2.67. The van der Waals surface area contributed by atoms with Crippen LogP contribution in [0.2, 0.25) is 0 Å². The Hall–Kier alpha value is -2.69. The van der Waals surface area contributed by atoms with Gasteiger partial charge < -0.3 is 21.1 Å². The second kappa shape index (κ2) is 5.36. The minimum Gasteiger partial charge on any atom is -0.491 e. The number of carbonyl (C=O) groups excluding carboxylic acids is 1. The molecule has 1 aliphatic heterocycles. The highest BCUT2D eigenvalue weighted by molar-refractivity contribution is 5.96. The minimum atomic E-state index is -0.0886. The van der Waals surface area contributed by atoms with Crippen molar-refractivity contribution in [1.82, 2.24) is 4.90 Å². The maximum atomic E-state index is 12.6. The van der Waals surface area contributed by atoms with E-state index in [1.807, 2.05) is 24.3 Å². The fourth-order valence-electron chi connectivity index (χ4n) is 2.48. The molecule has 1 aliphatic rings. The minimum absolute atomic E-state index is 0.0886. The quantitative estimate of drug-likeness (QED) is 0.783. The largest absolute Gasteiger partial charge is 0.491 e. The molecule has 5 nitrogen and oxygen atoms in total. The highest BCUT2D eigenvalue weighted by Crippen LogP contribution is 2.24. The predicted molar refractivity (Wildman–Crippen MR) is 81.9 cm³/mol. The van der Waals surface area contributed by atoms with Gasteiger partial charge in [-0.25, -0.2) is 0 Å². The molecule has 0 saturated carbocycles. The second-order valence-electron chi connectivity index (χ2n) is 5.07. The molecule has 5 heteroatoms. The number of hydrogen-bond acceptors (Lipinski definition) is 4. The van der Waals surface area contributed by atoms with Gasteiger partial charge >= 0.3 is 0 Å². The summed E-state index contributed by atoms with van der Waals surface area (Å²) in [5.41, 5.74) is 14.0. The van der Waals surface area contributed by atoms with Crippen molar-refractivity contribution in [3.05, 3.63) is 53.6 Å². The molecule has 0 saturated heterocycles. The topological polar surface area (TPSA) is 81.6 Å². The lowest BCUT2D eigenvalue weighted by Gasteiger charge is -2.20. The van der Waals surface area contributed by atoms with Crippen LogP contribution >= 0.6 is 0 Å². The van der Waals surface area contributed by atoms with Crippen LogP contribution in [0.4, 0.5) is 11.4 Å². The third-order valence-electron chi connectivity index (χ3n) is 3.46. The molecule has 0 spiro atoms. The van der Waals surface area contributed by atoms with E-state index in [2.05, 4.69) is 0 Å². The Morgan fingerprint density at radius 2 is 1.81 bits per heavy atom. The van der Waals surface area contributed by atoms with Crippen molar-refractivity contribution in [2.45, 2.75) is 6.54 Å². The van der Waals surface area contributed by atoms with E-state index in [-0.39, 0.29) is 5.91 Å². The lowest BCUT2D eigenvalue weighted by atomic mass is 10.1. The predicted octanol–water partition coefficient (Wildman–Crippen LogP) is 1.89. The zero-order valence-corrected chi connectivity index (χ0v) is 11.6. The molecule has 0 fully saturated rings. The van der Waals surface area contributed by atoms with E-state index < -0.39 is 0 Å². The van der Waals surface area contributed by atoms with Gasteiger partial charge in [0, 0.05) is 29.0 Å². The van der Waals surface area contributed by atoms with Crippen molar-refractivity contribution < 1.29 is 9.53 Å². The zero-order chi connectivity index (χ0) is 14.8. The number of para-hydroxylation sites is 1. The normalized spacial score (nSPS) is 14.0. The first-order valence-corrected chi connectivity index (χ1v) is 6.79. The summed E-state index contributed by atoms with van der Waals surface area (Å²) in [6, 6.07) is 12.7. The molecule has 108 valence electrons. The number of ether oxygens (including phenoxy) is 1. The van der Waals surface area contributed by atoms with Gasteiger partial charge in [-0.3, -0.25) is 4.79 Å². The average molecular weight is 283 g/mol. The molecule has 1 amide bonds. The summed E-state index contributed by atoms with van der Waals surface area (Å²) in [5.74, 6) is 0.745. The van der Waals surface area contributed by atoms with Gasteiger partial charge in [-0.15, -0.1) is 0 Å². The number of nitrogens with two attached hydrogens (primary N) is 2. The molecule has 1 heterocycles. The van der Waals surface area contributed by atoms with Gasteiger partial charge in [0.05, 0.1) is 6.54 Å². The van der Waals surface area contributed by atoms with Crippen molar-refractivity contribution in [3.63, 3.8) is 0 Å². The lowest BCUT2D eigenvalue weighted by Crippen LogP contribution is -2.32. The first-order valence-electron chi connectivity index (χ1n) is 6.79. The van der Waals surface area contributed by atoms with Crippen LogP contribution in [0.15, 0.2) is 42.5 Å². The summed E-state index contributed by atoms with van der Waals surface area (Å²) in [5, 5.41) is 0. The molecule has 4 N–H and O–H groups in total. The monoisotopic (exact) mass is 283 g/mol. The molecule has 2 aromatic rings. The van der Waals surface area contributed by atoms with Crippen LogP contribution in [-0.4, -0.2) is 24.0 Å². The molecular weight excluding hydrogens is 266 g/mol. The fourth-order valence-corrected chi connectivity index (χ4v) is 2.48. The summed E-state index contributed by atoms with van der Waals surface area (Å²) in [6.07, 6.45) is 0. The molecular formula is C16H17N3O2. The number of nitrogen functional groups attached to an aromatic ring is 2. The Bertz CT molecular complexity index is 665. The van der Waals surface area contributed by atoms with Gasteiger partial charge in [-0.1, -0.05) is 18.2 Å². The lowest BCUT2D eigenvalue weighted by molar-refractivity contribution is 0.0733. The molecule has 0 aromatic heterocycles. The molecule has 21 heavy (non-hydrogen) atoms. The third-order valence-corrected chi connectivity index (χ3v) is 3.46. The van der Waals surface area contributed by atoms with Gasteiger partial charge in [0.1, 0.15) is 12.4 Å². The van der Waals surface area contributed by atoms with Crippen LogP contribution in [0, 0.1) is 0 Å². The van der Waals surface area contributed by atoms with Crippen LogP contribution in [0.3, 0.4) is 0 Å². The van der Waals surface area contributed by atoms with E-state index in [9.17, 15) is 4.79 Å². The highest BCUT2D eigenvalue weighted by Gasteiger charge is 2.21. The van der Waals surface area contributed by atoms with Crippen molar-refractivity contribution in [2.75, 3.05) is 24.6 Å². The summed E-state index contributed by atoms with van der Waals surface area (Å²) in [6.45, 7) is 1.52. The van der Waals surface area contributed by atoms with Gasteiger partial charge in [-0.05, 0) is 24.3 Å². The van der Waals surface area contributed by atoms with E-state index in [1.54, 1.807) is 23.1 Å². The Morgan fingerprint density at radius 1 is 1.10 bits per heavy atom. The number of amides is 1. The number of benzene rings is 2. The van der Waals surface area contributed by atoms with Crippen LogP contribution < -0.4 is 16.2 Å². The van der Waals surface area contributed by atoms with Gasteiger partial charge in [-0.2, -0.15) is 0 Å². The van der Waals surface area contributed by atoms with Gasteiger partial charge in [0.15, 0.2) is 0 Å². The highest BCUT2D eigenvalue weighted by atomic mass is 16.5. The van der Waals surface area contributed by atoms with Crippen molar-refractivity contribution in [1.29, 1.82) is 0 Å². The van der Waals surface area contributed by atoms with E-state index in [1.165, 1.54) is 0 Å².